The lowest BCUT2D eigenvalue weighted by Crippen LogP contribution is -2.19. The monoisotopic (exact) mass is 432 g/mol. The molecule has 0 atom stereocenters. The summed E-state index contributed by atoms with van der Waals surface area (Å²) >= 11 is 1.09. The molecule has 30 heavy (non-hydrogen) atoms. The van der Waals surface area contributed by atoms with E-state index in [2.05, 4.69) is 10.3 Å². The lowest BCUT2D eigenvalue weighted by molar-refractivity contribution is -0.137. The van der Waals surface area contributed by atoms with Gasteiger partial charge in [0.25, 0.3) is 5.91 Å². The fraction of sp³-hybridized carbons (Fsp3) is 0.273. The Hall–Kier alpha value is -2.74. The third-order valence-corrected chi connectivity index (χ3v) is 5.73. The molecule has 1 heterocycles. The van der Waals surface area contributed by atoms with Gasteiger partial charge in [-0.25, -0.2) is 4.99 Å². The molecular weight excluding hydrogens is 413 g/mol. The van der Waals surface area contributed by atoms with Crippen molar-refractivity contribution in [3.63, 3.8) is 0 Å². The number of halogens is 3. The van der Waals surface area contributed by atoms with Crippen molar-refractivity contribution >= 4 is 34.6 Å². The lowest BCUT2D eigenvalue weighted by Gasteiger charge is -2.13. The van der Waals surface area contributed by atoms with E-state index in [9.17, 15) is 18.0 Å². The van der Waals surface area contributed by atoms with E-state index in [4.69, 9.17) is 4.74 Å². The predicted octanol–water partition coefficient (Wildman–Crippen LogP) is 5.92. The number of hydrogen-bond acceptors (Lipinski definition) is 4. The van der Waals surface area contributed by atoms with Crippen LogP contribution in [0.25, 0.3) is 6.08 Å². The number of carbonyl (C=O) groups excluding carboxylic acids is 1. The number of amides is 1. The van der Waals surface area contributed by atoms with E-state index < -0.39 is 11.7 Å². The van der Waals surface area contributed by atoms with Crippen molar-refractivity contribution in [2.75, 3.05) is 0 Å². The summed E-state index contributed by atoms with van der Waals surface area (Å²) < 4.78 is 44.6. The highest BCUT2D eigenvalue weighted by atomic mass is 32.2. The van der Waals surface area contributed by atoms with Gasteiger partial charge in [0.15, 0.2) is 5.17 Å². The second-order valence-electron chi connectivity index (χ2n) is 7.13. The van der Waals surface area contributed by atoms with Gasteiger partial charge in [-0.1, -0.05) is 18.2 Å². The molecule has 1 aliphatic heterocycles. The number of rotatable bonds is 4. The van der Waals surface area contributed by atoms with Crippen molar-refractivity contribution in [2.24, 2.45) is 4.99 Å². The summed E-state index contributed by atoms with van der Waals surface area (Å²) in [5.41, 5.74) is 0.151. The Labute approximate surface area is 176 Å². The Bertz CT molecular complexity index is 1010. The van der Waals surface area contributed by atoms with E-state index in [0.717, 1.165) is 48.0 Å². The van der Waals surface area contributed by atoms with Crippen LogP contribution in [0.15, 0.2) is 58.4 Å². The van der Waals surface area contributed by atoms with Crippen molar-refractivity contribution in [3.8, 4) is 5.75 Å². The molecule has 2 aromatic rings. The third-order valence-electron chi connectivity index (χ3n) is 4.82. The number of ether oxygens (including phenoxy) is 1. The molecule has 1 amide bonds. The van der Waals surface area contributed by atoms with Gasteiger partial charge >= 0.3 is 6.18 Å². The molecule has 0 spiro atoms. The predicted molar refractivity (Wildman–Crippen MR) is 112 cm³/mol. The van der Waals surface area contributed by atoms with Crippen LogP contribution in [0.1, 0.15) is 36.8 Å². The Balaban J connectivity index is 1.50. The highest BCUT2D eigenvalue weighted by Crippen LogP contribution is 2.33. The largest absolute Gasteiger partial charge is 0.490 e. The van der Waals surface area contributed by atoms with Crippen LogP contribution >= 0.6 is 11.8 Å². The minimum absolute atomic E-state index is 0.126. The minimum Gasteiger partial charge on any atom is -0.490 e. The number of alkyl halides is 3. The number of nitrogens with one attached hydrogen (secondary N) is 1. The number of aliphatic imine (C=N–C) groups is 1. The molecular formula is C22H19F3N2O2S. The van der Waals surface area contributed by atoms with Crippen LogP contribution in [0.4, 0.5) is 18.9 Å². The first-order chi connectivity index (χ1) is 14.4. The van der Waals surface area contributed by atoms with Crippen molar-refractivity contribution < 1.29 is 22.7 Å². The molecule has 0 unspecified atom stereocenters. The van der Waals surface area contributed by atoms with Crippen LogP contribution in [-0.4, -0.2) is 17.2 Å². The minimum atomic E-state index is -4.45. The maximum absolute atomic E-state index is 12.9. The zero-order valence-electron chi connectivity index (χ0n) is 15.9. The van der Waals surface area contributed by atoms with Gasteiger partial charge in [-0.2, -0.15) is 13.2 Å². The standard InChI is InChI=1S/C22H19F3N2O2S/c23-22(24,25)15-6-4-7-16(13-15)26-21-27-20(28)19(30-21)12-14-5-3-10-18(11-14)29-17-8-1-2-9-17/h3-7,10-13,17H,1-2,8-9H2,(H,26,27,28)/b19-12+. The number of carbonyl (C=O) groups is 1. The summed E-state index contributed by atoms with van der Waals surface area (Å²) in [6.07, 6.45) is 1.98. The SMILES string of the molecule is O=C1NC(=Nc2cccc(C(F)(F)F)c2)S/C1=C/c1cccc(OC2CCCC2)c1. The lowest BCUT2D eigenvalue weighted by atomic mass is 10.2. The summed E-state index contributed by atoms with van der Waals surface area (Å²) in [5.74, 6) is 0.422. The van der Waals surface area contributed by atoms with Crippen LogP contribution in [0.3, 0.4) is 0 Å². The maximum atomic E-state index is 12.9. The number of amidine groups is 1. The first kappa shape index (κ1) is 20.5. The number of hydrogen-bond donors (Lipinski definition) is 1. The molecule has 1 aliphatic carbocycles. The van der Waals surface area contributed by atoms with Gasteiger partial charge < -0.3 is 10.1 Å². The van der Waals surface area contributed by atoms with Crippen LogP contribution in [-0.2, 0) is 11.0 Å². The fourth-order valence-corrected chi connectivity index (χ4v) is 4.22. The van der Waals surface area contributed by atoms with Crippen LogP contribution in [0.5, 0.6) is 5.75 Å². The molecule has 1 saturated heterocycles. The first-order valence-corrected chi connectivity index (χ1v) is 10.4. The fourth-order valence-electron chi connectivity index (χ4n) is 3.38. The van der Waals surface area contributed by atoms with Gasteiger partial charge in [-0.15, -0.1) is 0 Å². The summed E-state index contributed by atoms with van der Waals surface area (Å²) in [4.78, 5) is 16.8. The first-order valence-electron chi connectivity index (χ1n) is 9.60. The summed E-state index contributed by atoms with van der Waals surface area (Å²) in [6.45, 7) is 0. The summed E-state index contributed by atoms with van der Waals surface area (Å²) in [7, 11) is 0. The molecule has 8 heteroatoms. The molecule has 1 saturated carbocycles. The van der Waals surface area contributed by atoms with Gasteiger partial charge in [0, 0.05) is 0 Å². The zero-order valence-corrected chi connectivity index (χ0v) is 16.7. The molecule has 2 fully saturated rings. The smallest absolute Gasteiger partial charge is 0.416 e. The summed E-state index contributed by atoms with van der Waals surface area (Å²) in [6, 6.07) is 12.2. The van der Waals surface area contributed by atoms with Crippen molar-refractivity contribution in [1.29, 1.82) is 0 Å². The van der Waals surface area contributed by atoms with E-state index in [1.54, 1.807) is 6.08 Å². The Morgan fingerprint density at radius 1 is 1.10 bits per heavy atom. The average molecular weight is 432 g/mol. The zero-order chi connectivity index (χ0) is 21.1. The van der Waals surface area contributed by atoms with E-state index in [1.165, 1.54) is 25.0 Å². The van der Waals surface area contributed by atoms with Crippen LogP contribution < -0.4 is 10.1 Å². The normalized spacial score (nSPS) is 20.2. The molecule has 2 aliphatic rings. The van der Waals surface area contributed by atoms with E-state index in [-0.39, 0.29) is 22.9 Å². The van der Waals surface area contributed by atoms with Crippen LogP contribution in [0, 0.1) is 0 Å². The van der Waals surface area contributed by atoms with Crippen LogP contribution in [0.2, 0.25) is 0 Å². The molecule has 2 aromatic carbocycles. The number of nitrogens with zero attached hydrogens (tertiary/aromatic N) is 1. The highest BCUT2D eigenvalue weighted by molar-refractivity contribution is 8.18. The number of thioether (sulfide) groups is 1. The number of benzene rings is 2. The molecule has 4 rings (SSSR count). The van der Waals surface area contributed by atoms with Crippen molar-refractivity contribution in [3.05, 3.63) is 64.6 Å². The molecule has 0 radical (unpaired) electrons. The second-order valence-corrected chi connectivity index (χ2v) is 8.16. The van der Waals surface area contributed by atoms with Gasteiger partial charge in [-0.3, -0.25) is 4.79 Å². The highest BCUT2D eigenvalue weighted by Gasteiger charge is 2.30. The van der Waals surface area contributed by atoms with E-state index in [1.807, 2.05) is 24.3 Å². The Morgan fingerprint density at radius 3 is 2.63 bits per heavy atom. The molecule has 156 valence electrons. The Kier molecular flexibility index (Phi) is 5.85. The molecule has 1 N–H and O–H groups in total. The quantitative estimate of drug-likeness (QED) is 0.611. The molecule has 4 nitrogen and oxygen atoms in total. The van der Waals surface area contributed by atoms with E-state index >= 15 is 0 Å². The van der Waals surface area contributed by atoms with Gasteiger partial charge in [0.1, 0.15) is 5.75 Å². The summed E-state index contributed by atoms with van der Waals surface area (Å²) in [5, 5.41) is 2.84. The van der Waals surface area contributed by atoms with Crippen molar-refractivity contribution in [1.82, 2.24) is 5.32 Å². The van der Waals surface area contributed by atoms with Gasteiger partial charge in [0.05, 0.1) is 22.3 Å². The maximum Gasteiger partial charge on any atom is 0.416 e. The topological polar surface area (TPSA) is 50.7 Å². The van der Waals surface area contributed by atoms with Crippen molar-refractivity contribution in [2.45, 2.75) is 38.0 Å². The molecule has 0 aromatic heterocycles. The second kappa shape index (κ2) is 8.55. The van der Waals surface area contributed by atoms with E-state index in [0.29, 0.717) is 4.91 Å². The third kappa shape index (κ3) is 5.05. The van der Waals surface area contributed by atoms with Gasteiger partial charge in [0.2, 0.25) is 0 Å². The van der Waals surface area contributed by atoms with Gasteiger partial charge in [-0.05, 0) is 79.4 Å². The Morgan fingerprint density at radius 2 is 1.87 bits per heavy atom. The average Bonchev–Trinajstić information content (AvgIpc) is 3.32. The molecule has 0 bridgehead atoms.